The average Bonchev–Trinajstić information content (AvgIpc) is 3.12. The van der Waals surface area contributed by atoms with Crippen molar-refractivity contribution < 1.29 is 23.4 Å². The van der Waals surface area contributed by atoms with Crippen molar-refractivity contribution in [1.82, 2.24) is 5.32 Å². The van der Waals surface area contributed by atoms with Gasteiger partial charge in [-0.2, -0.15) is 0 Å². The Balaban J connectivity index is 1.36. The Labute approximate surface area is 152 Å². The molecule has 1 aromatic heterocycles. The Bertz CT molecular complexity index is 730. The lowest BCUT2D eigenvalue weighted by atomic mass is 9.84. The summed E-state index contributed by atoms with van der Waals surface area (Å²) in [6.07, 6.45) is 3.39. The van der Waals surface area contributed by atoms with Crippen molar-refractivity contribution >= 4 is 5.91 Å². The number of furan rings is 1. The van der Waals surface area contributed by atoms with Gasteiger partial charge in [-0.25, -0.2) is 0 Å². The van der Waals surface area contributed by atoms with Crippen molar-refractivity contribution in [3.8, 4) is 11.7 Å². The summed E-state index contributed by atoms with van der Waals surface area (Å²) in [7, 11) is 0. The molecule has 1 amide bonds. The number of amides is 1. The van der Waals surface area contributed by atoms with E-state index in [1.807, 2.05) is 30.3 Å². The highest BCUT2D eigenvalue weighted by Crippen LogP contribution is 2.34. The van der Waals surface area contributed by atoms with Gasteiger partial charge in [-0.15, -0.1) is 0 Å². The number of hydrogen-bond acceptors (Lipinski definition) is 5. The van der Waals surface area contributed by atoms with Crippen LogP contribution in [0.3, 0.4) is 0 Å². The summed E-state index contributed by atoms with van der Waals surface area (Å²) in [5.41, 5.74) is -0.154. The van der Waals surface area contributed by atoms with Gasteiger partial charge in [0.25, 0.3) is 11.9 Å². The second-order valence-electron chi connectivity index (χ2n) is 6.84. The molecule has 0 radical (unpaired) electrons. The highest BCUT2D eigenvalue weighted by Gasteiger charge is 2.39. The number of hydrogen-bond donors (Lipinski definition) is 1. The van der Waals surface area contributed by atoms with Crippen molar-refractivity contribution in [2.24, 2.45) is 0 Å². The van der Waals surface area contributed by atoms with Crippen LogP contribution in [0.5, 0.6) is 11.7 Å². The van der Waals surface area contributed by atoms with Crippen LogP contribution in [-0.2, 0) is 9.47 Å². The first-order chi connectivity index (χ1) is 12.7. The molecule has 2 aromatic rings. The van der Waals surface area contributed by atoms with Crippen LogP contribution in [0, 0.1) is 0 Å². The summed E-state index contributed by atoms with van der Waals surface area (Å²) in [6.45, 7) is 2.10. The summed E-state index contributed by atoms with van der Waals surface area (Å²) >= 11 is 0. The standard InChI is InChI=1S/C20H23NO5/c22-19(17-6-7-18(26-17)25-16-4-2-1-3-5-16)21-15-8-11-24-20(14-15)9-12-23-13-10-20/h1-7,15H,8-14H2,(H,21,22)/t15-/m0/s1. The van der Waals surface area contributed by atoms with Crippen LogP contribution in [-0.4, -0.2) is 37.4 Å². The molecule has 1 atom stereocenters. The molecule has 6 nitrogen and oxygen atoms in total. The normalized spacial score (nSPS) is 22.1. The first-order valence-corrected chi connectivity index (χ1v) is 9.08. The van der Waals surface area contributed by atoms with E-state index in [0.29, 0.717) is 18.3 Å². The van der Waals surface area contributed by atoms with Gasteiger partial charge in [0.2, 0.25) is 0 Å². The zero-order valence-electron chi connectivity index (χ0n) is 14.6. The van der Waals surface area contributed by atoms with Gasteiger partial charge in [0.1, 0.15) is 5.75 Å². The molecule has 4 rings (SSSR count). The van der Waals surface area contributed by atoms with Gasteiger partial charge >= 0.3 is 0 Å². The van der Waals surface area contributed by atoms with E-state index in [9.17, 15) is 4.79 Å². The minimum Gasteiger partial charge on any atom is -0.426 e. The molecule has 0 bridgehead atoms. The molecule has 1 spiro atoms. The quantitative estimate of drug-likeness (QED) is 0.906. The molecule has 3 heterocycles. The first-order valence-electron chi connectivity index (χ1n) is 9.08. The lowest BCUT2D eigenvalue weighted by molar-refractivity contribution is -0.139. The Hall–Kier alpha value is -2.31. The van der Waals surface area contributed by atoms with E-state index in [2.05, 4.69) is 5.32 Å². The molecule has 1 aromatic carbocycles. The second kappa shape index (κ2) is 7.51. The van der Waals surface area contributed by atoms with Crippen molar-refractivity contribution in [2.75, 3.05) is 19.8 Å². The predicted octanol–water partition coefficient (Wildman–Crippen LogP) is 3.53. The van der Waals surface area contributed by atoms with Crippen LogP contribution < -0.4 is 10.1 Å². The molecule has 0 unspecified atom stereocenters. The third-order valence-corrected chi connectivity index (χ3v) is 5.00. The maximum atomic E-state index is 12.5. The van der Waals surface area contributed by atoms with Gasteiger partial charge in [0.15, 0.2) is 5.76 Å². The van der Waals surface area contributed by atoms with Gasteiger partial charge in [-0.1, -0.05) is 18.2 Å². The van der Waals surface area contributed by atoms with E-state index in [0.717, 1.165) is 38.9 Å². The van der Waals surface area contributed by atoms with Gasteiger partial charge in [-0.3, -0.25) is 4.79 Å². The molecule has 2 saturated heterocycles. The molecule has 138 valence electrons. The SMILES string of the molecule is O=C(N[C@H]1CCOC2(CCOCC2)C1)c1ccc(Oc2ccccc2)o1. The van der Waals surface area contributed by atoms with Crippen molar-refractivity contribution in [1.29, 1.82) is 0 Å². The van der Waals surface area contributed by atoms with E-state index in [-0.39, 0.29) is 23.3 Å². The molecular weight excluding hydrogens is 334 g/mol. The second-order valence-corrected chi connectivity index (χ2v) is 6.84. The molecule has 26 heavy (non-hydrogen) atoms. The number of para-hydroxylation sites is 1. The monoisotopic (exact) mass is 357 g/mol. The zero-order chi connectivity index (χ0) is 17.8. The maximum Gasteiger partial charge on any atom is 0.290 e. The van der Waals surface area contributed by atoms with Gasteiger partial charge in [0.05, 0.1) is 5.60 Å². The van der Waals surface area contributed by atoms with E-state index in [1.165, 1.54) is 0 Å². The number of carbonyl (C=O) groups is 1. The zero-order valence-corrected chi connectivity index (χ0v) is 14.6. The Morgan fingerprint density at radius 3 is 2.69 bits per heavy atom. The average molecular weight is 357 g/mol. The molecular formula is C20H23NO5. The van der Waals surface area contributed by atoms with Gasteiger partial charge in [0, 0.05) is 31.9 Å². The lowest BCUT2D eigenvalue weighted by Crippen LogP contribution is -2.51. The summed E-state index contributed by atoms with van der Waals surface area (Å²) < 4.78 is 22.6. The largest absolute Gasteiger partial charge is 0.426 e. The highest BCUT2D eigenvalue weighted by atomic mass is 16.6. The Morgan fingerprint density at radius 1 is 1.08 bits per heavy atom. The number of rotatable bonds is 4. The van der Waals surface area contributed by atoms with Crippen molar-refractivity contribution in [3.05, 3.63) is 48.2 Å². The Morgan fingerprint density at radius 2 is 1.88 bits per heavy atom. The van der Waals surface area contributed by atoms with Gasteiger partial charge < -0.3 is 23.9 Å². The van der Waals surface area contributed by atoms with Crippen LogP contribution in [0.4, 0.5) is 0 Å². The summed E-state index contributed by atoms with van der Waals surface area (Å²) in [5, 5.41) is 3.07. The van der Waals surface area contributed by atoms with E-state index < -0.39 is 0 Å². The molecule has 2 aliphatic heterocycles. The van der Waals surface area contributed by atoms with Crippen LogP contribution in [0.1, 0.15) is 36.2 Å². The summed E-state index contributed by atoms with van der Waals surface area (Å²) in [4.78, 5) is 12.5. The van der Waals surface area contributed by atoms with Crippen molar-refractivity contribution in [2.45, 2.75) is 37.3 Å². The number of ether oxygens (including phenoxy) is 3. The third-order valence-electron chi connectivity index (χ3n) is 5.00. The highest BCUT2D eigenvalue weighted by molar-refractivity contribution is 5.91. The van der Waals surface area contributed by atoms with E-state index in [1.54, 1.807) is 12.1 Å². The fourth-order valence-electron chi connectivity index (χ4n) is 3.60. The molecule has 2 fully saturated rings. The summed E-state index contributed by atoms with van der Waals surface area (Å²) in [6, 6.07) is 12.7. The lowest BCUT2D eigenvalue weighted by Gasteiger charge is -2.43. The summed E-state index contributed by atoms with van der Waals surface area (Å²) in [5.74, 6) is 0.999. The fraction of sp³-hybridized carbons (Fsp3) is 0.450. The minimum atomic E-state index is -0.220. The molecule has 0 aliphatic carbocycles. The minimum absolute atomic E-state index is 0.0814. The first kappa shape index (κ1) is 17.1. The Kier molecular flexibility index (Phi) is 4.95. The number of nitrogens with one attached hydrogen (secondary N) is 1. The predicted molar refractivity (Wildman–Crippen MR) is 94.4 cm³/mol. The van der Waals surface area contributed by atoms with E-state index in [4.69, 9.17) is 18.6 Å². The smallest absolute Gasteiger partial charge is 0.290 e. The topological polar surface area (TPSA) is 69.9 Å². The number of benzene rings is 1. The van der Waals surface area contributed by atoms with Crippen molar-refractivity contribution in [3.63, 3.8) is 0 Å². The molecule has 0 saturated carbocycles. The van der Waals surface area contributed by atoms with Gasteiger partial charge in [-0.05, 0) is 43.9 Å². The van der Waals surface area contributed by atoms with Crippen LogP contribution in [0.25, 0.3) is 0 Å². The fourth-order valence-corrected chi connectivity index (χ4v) is 3.60. The molecule has 1 N–H and O–H groups in total. The maximum absolute atomic E-state index is 12.5. The molecule has 6 heteroatoms. The van der Waals surface area contributed by atoms with Crippen LogP contribution in [0.15, 0.2) is 46.9 Å². The molecule has 2 aliphatic rings. The third kappa shape index (κ3) is 3.92. The number of carbonyl (C=O) groups excluding carboxylic acids is 1. The van der Waals surface area contributed by atoms with Crippen LogP contribution in [0.2, 0.25) is 0 Å². The van der Waals surface area contributed by atoms with Crippen LogP contribution >= 0.6 is 0 Å². The van der Waals surface area contributed by atoms with E-state index >= 15 is 0 Å².